The Labute approximate surface area is 581 Å². The molecule has 0 bridgehead atoms. The zero-order chi connectivity index (χ0) is 68.8. The van der Waals surface area contributed by atoms with Gasteiger partial charge in [-0.1, -0.05) is 0 Å². The van der Waals surface area contributed by atoms with E-state index >= 15 is 0 Å². The van der Waals surface area contributed by atoms with Gasteiger partial charge in [-0.05, 0) is 94.8 Å². The van der Waals surface area contributed by atoms with Crippen molar-refractivity contribution in [3.05, 3.63) is 180 Å². The Bertz CT molecular complexity index is 5120. The monoisotopic (exact) mass is 1350 g/mol. The van der Waals surface area contributed by atoms with Gasteiger partial charge in [-0.25, -0.2) is 24.9 Å². The van der Waals surface area contributed by atoms with Crippen molar-refractivity contribution >= 4 is 102 Å². The first kappa shape index (κ1) is 63.8. The largest absolute Gasteiger partial charge is 0.368 e. The number of fused-ring (bicyclic) bond motifs is 6. The summed E-state index contributed by atoms with van der Waals surface area (Å²) < 4.78 is 1.99. The van der Waals surface area contributed by atoms with Gasteiger partial charge in [-0.2, -0.15) is 0 Å². The van der Waals surface area contributed by atoms with Gasteiger partial charge in [-0.3, -0.25) is 34.3 Å². The Kier molecular flexibility index (Phi) is 17.1. The lowest BCUT2D eigenvalue weighted by Gasteiger charge is -2.33. The molecule has 6 aliphatic rings. The summed E-state index contributed by atoms with van der Waals surface area (Å²) in [6, 6.07) is 21.9. The third-order valence-corrected chi connectivity index (χ3v) is 19.9. The lowest BCUT2D eigenvalue weighted by Crippen LogP contribution is -2.44. The SMILES string of the molecule is CN1CCN(c2ccc(Nc3cnc(-c4c[nH]c5ccncc45)c4c3C(=O)NC4)nc2)CC1.CN1CCN(c2ccc(Nc3cnc(-c4cn(C)c5ncccc45)c4c3C(=O)NC4)nc2)CC1.Cc1[nH]c2ncccc2c1-c1ncc(Nc2ccc(N3CCN(C)CC3)cn2)c2c1CNC2=O. The van der Waals surface area contributed by atoms with Gasteiger partial charge < -0.3 is 75.8 Å². The van der Waals surface area contributed by atoms with Crippen LogP contribution in [0.25, 0.3) is 66.7 Å². The molecule has 0 unspecified atom stereocenters. The van der Waals surface area contributed by atoms with E-state index in [-0.39, 0.29) is 17.7 Å². The maximum atomic E-state index is 12.8. The highest BCUT2D eigenvalue weighted by Gasteiger charge is 2.33. The van der Waals surface area contributed by atoms with Gasteiger partial charge in [0.15, 0.2) is 0 Å². The van der Waals surface area contributed by atoms with Crippen LogP contribution in [0.5, 0.6) is 0 Å². The minimum absolute atomic E-state index is 0.103. The smallest absolute Gasteiger partial charge is 0.254 e. The van der Waals surface area contributed by atoms with Crippen molar-refractivity contribution in [3.8, 4) is 33.8 Å². The summed E-state index contributed by atoms with van der Waals surface area (Å²) in [6.45, 7) is 15.6. The van der Waals surface area contributed by atoms with E-state index in [0.717, 1.165) is 185 Å². The van der Waals surface area contributed by atoms with E-state index in [1.54, 1.807) is 37.2 Å². The summed E-state index contributed by atoms with van der Waals surface area (Å²) in [5.74, 6) is 1.73. The van der Waals surface area contributed by atoms with Gasteiger partial charge in [0.2, 0.25) is 0 Å². The van der Waals surface area contributed by atoms with Crippen molar-refractivity contribution in [3.63, 3.8) is 0 Å². The fraction of sp³-hybridized carbons (Fsp3) is 0.270. The molecule has 0 atom stereocenters. The zero-order valence-corrected chi connectivity index (χ0v) is 56.8. The van der Waals surface area contributed by atoms with Crippen LogP contribution in [0.3, 0.4) is 0 Å². The molecular formula is C74H76N24O3. The number of rotatable bonds is 12. The highest BCUT2D eigenvalue weighted by molar-refractivity contribution is 6.09. The van der Waals surface area contributed by atoms with Crippen LogP contribution in [-0.2, 0) is 26.7 Å². The number of H-pyrrole nitrogens is 2. The first-order chi connectivity index (χ1) is 49.3. The molecule has 18 heterocycles. The number of hydrogen-bond donors (Lipinski definition) is 8. The van der Waals surface area contributed by atoms with E-state index in [1.165, 1.54) is 0 Å². The number of anilines is 9. The van der Waals surface area contributed by atoms with Gasteiger partial charge in [0, 0.05) is 203 Å². The molecular weight excluding hydrogens is 1270 g/mol. The lowest BCUT2D eigenvalue weighted by molar-refractivity contribution is 0.0958. The van der Waals surface area contributed by atoms with Crippen molar-refractivity contribution < 1.29 is 14.4 Å². The third kappa shape index (κ3) is 12.5. The quantitative estimate of drug-likeness (QED) is 0.0568. The highest BCUT2D eigenvalue weighted by atomic mass is 16.2. The predicted molar refractivity (Wildman–Crippen MR) is 393 cm³/mol. The van der Waals surface area contributed by atoms with Crippen molar-refractivity contribution in [2.75, 3.05) is 130 Å². The van der Waals surface area contributed by atoms with Gasteiger partial charge in [0.05, 0.1) is 105 Å². The van der Waals surface area contributed by atoms with Crippen LogP contribution in [0.1, 0.15) is 53.5 Å². The van der Waals surface area contributed by atoms with Crippen LogP contribution in [0, 0.1) is 6.92 Å². The minimum atomic E-state index is -0.108. The number of nitrogens with one attached hydrogen (secondary N) is 8. The number of nitrogens with zero attached hydrogens (tertiary/aromatic N) is 16. The van der Waals surface area contributed by atoms with Crippen molar-refractivity contribution in [2.45, 2.75) is 26.6 Å². The number of pyridine rings is 9. The van der Waals surface area contributed by atoms with E-state index in [2.05, 4.69) is 141 Å². The van der Waals surface area contributed by atoms with E-state index in [0.29, 0.717) is 70.8 Å². The molecule has 27 heteroatoms. The Morgan fingerprint density at radius 3 is 1.34 bits per heavy atom. The van der Waals surface area contributed by atoms with Crippen LogP contribution in [0.4, 0.5) is 51.6 Å². The van der Waals surface area contributed by atoms with Gasteiger partial charge in [0.1, 0.15) is 28.7 Å². The molecule has 3 fully saturated rings. The number of carbonyl (C=O) groups excluding carboxylic acids is 3. The van der Waals surface area contributed by atoms with Crippen molar-refractivity contribution in [2.24, 2.45) is 7.05 Å². The second-order valence-electron chi connectivity index (χ2n) is 26.3. The van der Waals surface area contributed by atoms with E-state index < -0.39 is 0 Å². The third-order valence-electron chi connectivity index (χ3n) is 19.9. The van der Waals surface area contributed by atoms with Crippen molar-refractivity contribution in [1.82, 2.24) is 90.0 Å². The van der Waals surface area contributed by atoms with E-state index in [9.17, 15) is 14.4 Å². The number of aromatic nitrogens is 12. The second kappa shape index (κ2) is 27.1. The molecule has 12 aromatic rings. The van der Waals surface area contributed by atoms with E-state index in [4.69, 9.17) is 15.0 Å². The molecule has 3 saturated heterocycles. The number of carbonyl (C=O) groups is 3. The molecule has 0 saturated carbocycles. The Hall–Kier alpha value is -11.9. The molecule has 0 aliphatic carbocycles. The number of amides is 3. The molecule has 18 rings (SSSR count). The summed E-state index contributed by atoms with van der Waals surface area (Å²) in [6.07, 6.45) is 21.9. The average Bonchev–Trinajstić information content (AvgIpc) is 1.63. The number of piperazine rings is 3. The topological polar surface area (TPSA) is 295 Å². The maximum Gasteiger partial charge on any atom is 0.254 e. The first-order valence-corrected chi connectivity index (χ1v) is 34.0. The van der Waals surface area contributed by atoms with Crippen LogP contribution in [0.2, 0.25) is 0 Å². The van der Waals surface area contributed by atoms with Crippen molar-refractivity contribution in [1.29, 1.82) is 0 Å². The zero-order valence-electron chi connectivity index (χ0n) is 56.8. The Balaban J connectivity index is 0.000000118. The summed E-state index contributed by atoms with van der Waals surface area (Å²) in [7, 11) is 8.41. The number of aryl methyl sites for hydroxylation is 2. The molecule has 0 aromatic carbocycles. The fourth-order valence-corrected chi connectivity index (χ4v) is 14.2. The molecule has 0 spiro atoms. The molecule has 101 heavy (non-hydrogen) atoms. The number of likely N-dealkylation sites (N-methyl/N-ethyl adjacent to an activating group) is 3. The Morgan fingerprint density at radius 1 is 0.416 bits per heavy atom. The van der Waals surface area contributed by atoms with Gasteiger partial charge in [0.25, 0.3) is 17.7 Å². The molecule has 3 amide bonds. The highest BCUT2D eigenvalue weighted by Crippen LogP contribution is 2.41. The molecule has 8 N–H and O–H groups in total. The lowest BCUT2D eigenvalue weighted by atomic mass is 10.00. The minimum Gasteiger partial charge on any atom is -0.368 e. The maximum absolute atomic E-state index is 12.8. The predicted octanol–water partition coefficient (Wildman–Crippen LogP) is 8.59. The summed E-state index contributed by atoms with van der Waals surface area (Å²) >= 11 is 0. The summed E-state index contributed by atoms with van der Waals surface area (Å²) in [5.41, 5.74) is 18.7. The fourth-order valence-electron chi connectivity index (χ4n) is 14.2. The van der Waals surface area contributed by atoms with E-state index in [1.807, 2.05) is 104 Å². The molecule has 0 radical (unpaired) electrons. The molecule has 510 valence electrons. The average molecular weight is 1350 g/mol. The normalized spacial score (nSPS) is 16.1. The van der Waals surface area contributed by atoms with Crippen LogP contribution in [-0.4, -0.2) is 191 Å². The van der Waals surface area contributed by atoms with Crippen LogP contribution < -0.4 is 46.6 Å². The van der Waals surface area contributed by atoms with Gasteiger partial charge >= 0.3 is 0 Å². The van der Waals surface area contributed by atoms with Crippen LogP contribution >= 0.6 is 0 Å². The molecule has 27 nitrogen and oxygen atoms in total. The second-order valence-corrected chi connectivity index (χ2v) is 26.3. The molecule has 6 aliphatic heterocycles. The van der Waals surface area contributed by atoms with Crippen LogP contribution in [0.15, 0.2) is 141 Å². The Morgan fingerprint density at radius 2 is 0.861 bits per heavy atom. The summed E-state index contributed by atoms with van der Waals surface area (Å²) in [4.78, 5) is 100. The van der Waals surface area contributed by atoms with Gasteiger partial charge in [-0.15, -0.1) is 0 Å². The number of hydrogen-bond acceptors (Lipinski definition) is 21. The standard InChI is InChI=1S/2C25H26N8O.C24H24N8O/c1-31-8-10-33(11-9-31)16-5-6-21(27-12-16)30-20-14-28-23(18-13-29-25(34)22(18)20)19-15-32(2)24-17(19)4-3-7-26-24;1-15-21(17-4-3-7-26-24(17)30-15)23-18-13-29-25(34)22(18)19(14-28-23)31-20-6-5-16(12-27-20)33-10-8-32(2)9-11-33;1-31-6-8-32(9-7-31)15-2-3-21(27-10-15)30-20-14-28-23(18-13-29-24(33)22(18)20)17-12-26-19-4-5-25-11-16(17)19/h3-7,12,14-15H,8-11,13H2,1-2H3,(H,27,30)(H,29,34);3-7,12,14H,8-11,13H2,1-2H3,(H,26,30)(H,27,31)(H,29,34);2-5,10-12,14,26H,6-9,13H2,1H3,(H,27,30)(H,29,33). The first-order valence-electron chi connectivity index (χ1n) is 34.0. The summed E-state index contributed by atoms with van der Waals surface area (Å²) in [5, 5.41) is 21.8. The number of aromatic amines is 2. The molecule has 12 aromatic heterocycles.